The van der Waals surface area contributed by atoms with Crippen molar-refractivity contribution in [2.24, 2.45) is 10.7 Å². The molecule has 1 heterocycles. The fourth-order valence-electron chi connectivity index (χ4n) is 3.54. The molecule has 0 spiro atoms. The number of morpholine rings is 1. The first-order valence-electron chi connectivity index (χ1n) is 10.4. The zero-order valence-corrected chi connectivity index (χ0v) is 18.7. The lowest BCUT2D eigenvalue weighted by Crippen LogP contribution is -2.51. The summed E-state index contributed by atoms with van der Waals surface area (Å²) in [5.74, 6) is -0.727. The van der Waals surface area contributed by atoms with Crippen molar-refractivity contribution in [3.05, 3.63) is 52.6 Å². The first-order valence-corrected chi connectivity index (χ1v) is 11.8. The fourth-order valence-corrected chi connectivity index (χ4v) is 4.99. The van der Waals surface area contributed by atoms with Gasteiger partial charge in [-0.05, 0) is 24.3 Å². The van der Waals surface area contributed by atoms with E-state index in [0.717, 1.165) is 5.39 Å². The number of nitrogens with one attached hydrogen (secondary N) is 2. The van der Waals surface area contributed by atoms with Crippen molar-refractivity contribution in [3.63, 3.8) is 0 Å². The first kappa shape index (κ1) is 24.4. The van der Waals surface area contributed by atoms with Crippen LogP contribution in [0.25, 0.3) is 10.8 Å². The number of benzene rings is 2. The topological polar surface area (TPSA) is 169 Å². The highest BCUT2D eigenvalue weighted by Gasteiger charge is 2.30. The highest BCUT2D eigenvalue weighted by Crippen LogP contribution is 2.23. The monoisotopic (exact) mass is 478 g/mol. The van der Waals surface area contributed by atoms with E-state index in [0.29, 0.717) is 31.7 Å². The number of hydrogen-bond donors (Lipinski definition) is 3. The van der Waals surface area contributed by atoms with Gasteiger partial charge in [-0.2, -0.15) is 4.72 Å². The van der Waals surface area contributed by atoms with E-state index >= 15 is 0 Å². The number of carbonyl (C=O) groups is 1. The minimum Gasteiger partial charge on any atom is -0.378 e. The Balaban J connectivity index is 1.79. The maximum absolute atomic E-state index is 13.3. The number of sulfonamides is 1. The predicted octanol–water partition coefficient (Wildman–Crippen LogP) is 0.222. The number of nitrogens with zero attached hydrogens (tertiary/aromatic N) is 3. The number of ether oxygens (including phenoxy) is 1. The molecule has 0 unspecified atom stereocenters. The molecule has 3 rings (SSSR count). The van der Waals surface area contributed by atoms with E-state index in [4.69, 9.17) is 10.5 Å². The number of hydrogen-bond acceptors (Lipinski definition) is 7. The molecule has 0 aliphatic carbocycles. The van der Waals surface area contributed by atoms with Gasteiger partial charge in [0.05, 0.1) is 18.1 Å². The van der Waals surface area contributed by atoms with E-state index < -0.39 is 21.1 Å². The van der Waals surface area contributed by atoms with Crippen LogP contribution in [-0.4, -0.2) is 69.1 Å². The van der Waals surface area contributed by atoms with E-state index in [1.165, 1.54) is 6.07 Å². The molecule has 1 aliphatic rings. The summed E-state index contributed by atoms with van der Waals surface area (Å²) < 4.78 is 34.4. The van der Waals surface area contributed by atoms with Crippen LogP contribution < -0.4 is 15.9 Å². The van der Waals surface area contributed by atoms with E-state index in [1.54, 1.807) is 28.5 Å². The molecule has 0 saturated carbocycles. The second-order valence-corrected chi connectivity index (χ2v) is 9.05. The second kappa shape index (κ2) is 11.0. The molecule has 13 heteroatoms. The van der Waals surface area contributed by atoms with Crippen LogP contribution in [0, 0.1) is 10.1 Å². The lowest BCUT2D eigenvalue weighted by molar-refractivity contribution is -0.525. The number of guanidine groups is 1. The molecule has 12 nitrogen and oxygen atoms in total. The molecule has 1 aliphatic heterocycles. The van der Waals surface area contributed by atoms with Gasteiger partial charge in [-0.15, -0.1) is 0 Å². The summed E-state index contributed by atoms with van der Waals surface area (Å²) in [6.07, 6.45) is 0.411. The van der Waals surface area contributed by atoms with Gasteiger partial charge in [-0.3, -0.25) is 4.79 Å². The van der Waals surface area contributed by atoms with Crippen LogP contribution in [-0.2, 0) is 19.6 Å². The molecule has 1 atom stereocenters. The predicted molar refractivity (Wildman–Crippen MR) is 121 cm³/mol. The van der Waals surface area contributed by atoms with Gasteiger partial charge in [0, 0.05) is 25.0 Å². The van der Waals surface area contributed by atoms with Crippen molar-refractivity contribution >= 4 is 32.7 Å². The lowest BCUT2D eigenvalue weighted by Gasteiger charge is -2.30. The van der Waals surface area contributed by atoms with Crippen LogP contribution in [0.1, 0.15) is 12.8 Å². The van der Waals surface area contributed by atoms with E-state index in [1.807, 2.05) is 18.2 Å². The molecule has 4 N–H and O–H groups in total. The standard InChI is InChI=1S/C20H26N6O6S/c21-20(23-26(28)29)22-10-4-8-17(19(27)25-11-13-32-14-12-25)24-33(30,31)18-9-3-6-15-5-1-2-7-16(15)18/h1-3,5-7,9,17,24H,4,8,10-14H2,(H3,21,22,23)/t17-/m0/s1. The number of carbonyl (C=O) groups excluding carboxylic acids is 1. The Morgan fingerprint density at radius 3 is 2.64 bits per heavy atom. The maximum Gasteiger partial charge on any atom is 0.251 e. The van der Waals surface area contributed by atoms with Crippen LogP contribution in [0.5, 0.6) is 0 Å². The van der Waals surface area contributed by atoms with Crippen molar-refractivity contribution in [2.75, 3.05) is 32.8 Å². The number of amides is 1. The Hall–Kier alpha value is -3.29. The second-order valence-electron chi connectivity index (χ2n) is 7.37. The minimum atomic E-state index is -4.03. The molecular formula is C20H26N6O6S. The molecule has 33 heavy (non-hydrogen) atoms. The van der Waals surface area contributed by atoms with E-state index in [2.05, 4.69) is 9.71 Å². The van der Waals surface area contributed by atoms with Crippen molar-refractivity contribution in [2.45, 2.75) is 23.8 Å². The Morgan fingerprint density at radius 1 is 1.21 bits per heavy atom. The van der Waals surface area contributed by atoms with Gasteiger partial charge in [0.2, 0.25) is 15.9 Å². The third-order valence-corrected chi connectivity index (χ3v) is 6.63. The molecule has 2 aromatic rings. The molecular weight excluding hydrogens is 452 g/mol. The lowest BCUT2D eigenvalue weighted by atomic mass is 10.1. The average molecular weight is 479 g/mol. The van der Waals surface area contributed by atoms with Crippen molar-refractivity contribution < 1.29 is 23.0 Å². The average Bonchev–Trinajstić information content (AvgIpc) is 2.80. The summed E-state index contributed by atoms with van der Waals surface area (Å²) in [7, 11) is -4.03. The molecule has 1 saturated heterocycles. The van der Waals surface area contributed by atoms with Crippen LogP contribution >= 0.6 is 0 Å². The number of hydrazine groups is 1. The summed E-state index contributed by atoms with van der Waals surface area (Å²) in [5.41, 5.74) is 7.13. The summed E-state index contributed by atoms with van der Waals surface area (Å²) >= 11 is 0. The number of rotatable bonds is 9. The quantitative estimate of drug-likeness (QED) is 0.151. The first-order chi connectivity index (χ1) is 15.8. The molecule has 1 amide bonds. The van der Waals surface area contributed by atoms with Crippen LogP contribution in [0.4, 0.5) is 0 Å². The van der Waals surface area contributed by atoms with Gasteiger partial charge in [0.1, 0.15) is 6.04 Å². The number of fused-ring (bicyclic) bond motifs is 1. The Bertz CT molecular complexity index is 1130. The van der Waals surface area contributed by atoms with Gasteiger partial charge < -0.3 is 15.4 Å². The number of nitrogens with two attached hydrogens (primary N) is 1. The van der Waals surface area contributed by atoms with Gasteiger partial charge >= 0.3 is 0 Å². The van der Waals surface area contributed by atoms with Crippen LogP contribution in [0.2, 0.25) is 0 Å². The smallest absolute Gasteiger partial charge is 0.251 e. The van der Waals surface area contributed by atoms with Crippen molar-refractivity contribution in [3.8, 4) is 0 Å². The molecule has 0 aromatic heterocycles. The maximum atomic E-state index is 13.3. The summed E-state index contributed by atoms with van der Waals surface area (Å²) in [6, 6.07) is 11.0. The van der Waals surface area contributed by atoms with E-state index in [9.17, 15) is 23.3 Å². The molecule has 2 aromatic carbocycles. The third kappa shape index (κ3) is 6.60. The van der Waals surface area contributed by atoms with Gasteiger partial charge in [0.25, 0.3) is 5.96 Å². The molecule has 0 bridgehead atoms. The SMILES string of the molecule is NC(=NCCC[C@H](NS(=O)(=O)c1cccc2ccccc12)C(=O)N1CCOCC1)N[N+](=O)[O-]. The van der Waals surface area contributed by atoms with Crippen molar-refractivity contribution in [1.82, 2.24) is 15.0 Å². The van der Waals surface area contributed by atoms with Gasteiger partial charge in [-0.25, -0.2) is 23.5 Å². The summed E-state index contributed by atoms with van der Waals surface area (Å²) in [4.78, 5) is 29.0. The van der Waals surface area contributed by atoms with Crippen LogP contribution in [0.3, 0.4) is 0 Å². The number of aliphatic imine (C=N–C) groups is 1. The normalized spacial score (nSPS) is 15.9. The molecule has 178 valence electrons. The minimum absolute atomic E-state index is 0.0789. The zero-order valence-electron chi connectivity index (χ0n) is 17.8. The Morgan fingerprint density at radius 2 is 1.91 bits per heavy atom. The molecule has 1 fully saturated rings. The van der Waals surface area contributed by atoms with Crippen molar-refractivity contribution in [1.29, 1.82) is 0 Å². The highest BCUT2D eigenvalue weighted by molar-refractivity contribution is 7.89. The van der Waals surface area contributed by atoms with Gasteiger partial charge in [0.15, 0.2) is 5.03 Å². The zero-order chi connectivity index (χ0) is 23.8. The fraction of sp³-hybridized carbons (Fsp3) is 0.400. The Kier molecular flexibility index (Phi) is 8.14. The highest BCUT2D eigenvalue weighted by atomic mass is 32.2. The number of nitro groups is 1. The van der Waals surface area contributed by atoms with Crippen LogP contribution in [0.15, 0.2) is 52.4 Å². The largest absolute Gasteiger partial charge is 0.378 e. The molecule has 0 radical (unpaired) electrons. The third-order valence-electron chi connectivity index (χ3n) is 5.10. The summed E-state index contributed by atoms with van der Waals surface area (Å²) in [6.45, 7) is 1.56. The Labute approximate surface area is 191 Å². The van der Waals surface area contributed by atoms with E-state index in [-0.39, 0.29) is 36.1 Å². The summed E-state index contributed by atoms with van der Waals surface area (Å²) in [5, 5.41) is 10.9. The van der Waals surface area contributed by atoms with Gasteiger partial charge in [-0.1, -0.05) is 41.8 Å².